The smallest absolute Gasteiger partial charge is 0.119 e. The number of likely N-dealkylation sites (tertiary alicyclic amines) is 1. The minimum Gasteiger partial charge on any atom is -0.494 e. The van der Waals surface area contributed by atoms with Crippen LogP contribution in [-0.4, -0.2) is 56.2 Å². The maximum atomic E-state index is 5.85. The highest BCUT2D eigenvalue weighted by molar-refractivity contribution is 5.29. The fourth-order valence-electron chi connectivity index (χ4n) is 3.97. The van der Waals surface area contributed by atoms with Gasteiger partial charge in [-0.15, -0.1) is 0 Å². The van der Waals surface area contributed by atoms with Gasteiger partial charge in [-0.3, -0.25) is 4.90 Å². The van der Waals surface area contributed by atoms with E-state index in [4.69, 9.17) is 4.74 Å². The molecule has 0 saturated carbocycles. The fraction of sp³-hybridized carbons (Fsp3) is 0.520. The first-order valence-electron chi connectivity index (χ1n) is 11.0. The van der Waals surface area contributed by atoms with Crippen molar-refractivity contribution in [2.45, 2.75) is 44.8 Å². The Labute approximate surface area is 176 Å². The standard InChI is InChI=1S/C25H37N3O/c1-21(23-10-12-25(13-11-23)29-19-7-16-27(2)3)26-24-14-17-28(18-15-24)20-22-8-5-4-6-9-22/h4-6,8-13,21,24,26H,7,14-20H2,1-3H3. The number of ether oxygens (including phenoxy) is 1. The first-order valence-corrected chi connectivity index (χ1v) is 11.0. The molecule has 1 unspecified atom stereocenters. The third-order valence-corrected chi connectivity index (χ3v) is 5.72. The number of benzene rings is 2. The highest BCUT2D eigenvalue weighted by Gasteiger charge is 2.20. The largest absolute Gasteiger partial charge is 0.494 e. The van der Waals surface area contributed by atoms with Crippen LogP contribution in [0, 0.1) is 0 Å². The molecule has 4 nitrogen and oxygen atoms in total. The molecule has 1 atom stereocenters. The molecule has 3 rings (SSSR count). The van der Waals surface area contributed by atoms with Gasteiger partial charge in [-0.1, -0.05) is 42.5 Å². The lowest BCUT2D eigenvalue weighted by Crippen LogP contribution is -2.42. The summed E-state index contributed by atoms with van der Waals surface area (Å²) in [5.41, 5.74) is 2.74. The summed E-state index contributed by atoms with van der Waals surface area (Å²) < 4.78 is 5.85. The van der Waals surface area contributed by atoms with Gasteiger partial charge < -0.3 is 15.0 Å². The molecule has 2 aromatic carbocycles. The summed E-state index contributed by atoms with van der Waals surface area (Å²) in [5.74, 6) is 0.967. The van der Waals surface area contributed by atoms with E-state index >= 15 is 0 Å². The molecule has 0 spiro atoms. The summed E-state index contributed by atoms with van der Waals surface area (Å²) in [7, 11) is 4.19. The van der Waals surface area contributed by atoms with Gasteiger partial charge in [0, 0.05) is 25.2 Å². The molecule has 0 aromatic heterocycles. The van der Waals surface area contributed by atoms with Crippen LogP contribution >= 0.6 is 0 Å². The molecule has 1 saturated heterocycles. The van der Waals surface area contributed by atoms with Crippen molar-refractivity contribution in [1.29, 1.82) is 0 Å². The normalized spacial score (nSPS) is 16.8. The predicted molar refractivity (Wildman–Crippen MR) is 121 cm³/mol. The second-order valence-electron chi connectivity index (χ2n) is 8.50. The number of hydrogen-bond acceptors (Lipinski definition) is 4. The van der Waals surface area contributed by atoms with Gasteiger partial charge in [0.25, 0.3) is 0 Å². The second-order valence-corrected chi connectivity index (χ2v) is 8.50. The molecule has 1 heterocycles. The third-order valence-electron chi connectivity index (χ3n) is 5.72. The Balaban J connectivity index is 1.38. The summed E-state index contributed by atoms with van der Waals surface area (Å²) in [6.07, 6.45) is 3.48. The molecule has 0 radical (unpaired) electrons. The molecule has 158 valence electrons. The topological polar surface area (TPSA) is 27.7 Å². The van der Waals surface area contributed by atoms with Crippen LogP contribution in [0.3, 0.4) is 0 Å². The van der Waals surface area contributed by atoms with Crippen molar-refractivity contribution in [1.82, 2.24) is 15.1 Å². The molecular weight excluding hydrogens is 358 g/mol. The van der Waals surface area contributed by atoms with E-state index in [-0.39, 0.29) is 0 Å². The molecule has 1 aliphatic rings. The monoisotopic (exact) mass is 395 g/mol. The van der Waals surface area contributed by atoms with Crippen LogP contribution < -0.4 is 10.1 Å². The van der Waals surface area contributed by atoms with Crippen LogP contribution in [0.4, 0.5) is 0 Å². The van der Waals surface area contributed by atoms with Crippen LogP contribution in [0.5, 0.6) is 5.75 Å². The molecule has 0 amide bonds. The highest BCUT2D eigenvalue weighted by Crippen LogP contribution is 2.21. The summed E-state index contributed by atoms with van der Waals surface area (Å²) in [6, 6.07) is 20.4. The van der Waals surface area contributed by atoms with Gasteiger partial charge in [0.15, 0.2) is 0 Å². The lowest BCUT2D eigenvalue weighted by Gasteiger charge is -2.34. The Hall–Kier alpha value is -1.88. The number of piperidine rings is 1. The molecule has 1 aliphatic heterocycles. The first kappa shape index (κ1) is 21.8. The number of rotatable bonds is 10. The Bertz CT molecular complexity index is 694. The van der Waals surface area contributed by atoms with Crippen molar-refractivity contribution in [2.75, 3.05) is 40.3 Å². The van der Waals surface area contributed by atoms with Gasteiger partial charge in [0.1, 0.15) is 5.75 Å². The average Bonchev–Trinajstić information content (AvgIpc) is 2.74. The van der Waals surface area contributed by atoms with Gasteiger partial charge >= 0.3 is 0 Å². The molecule has 29 heavy (non-hydrogen) atoms. The first-order chi connectivity index (χ1) is 14.1. The number of nitrogens with one attached hydrogen (secondary N) is 1. The molecule has 4 heteroatoms. The fourth-order valence-corrected chi connectivity index (χ4v) is 3.97. The van der Waals surface area contributed by atoms with E-state index < -0.39 is 0 Å². The van der Waals surface area contributed by atoms with Gasteiger partial charge in [0.05, 0.1) is 6.61 Å². The van der Waals surface area contributed by atoms with Gasteiger partial charge in [-0.2, -0.15) is 0 Å². The van der Waals surface area contributed by atoms with Gasteiger partial charge in [-0.25, -0.2) is 0 Å². The minimum atomic E-state index is 0.364. The van der Waals surface area contributed by atoms with E-state index in [1.807, 2.05) is 0 Å². The minimum absolute atomic E-state index is 0.364. The lowest BCUT2D eigenvalue weighted by molar-refractivity contribution is 0.185. The average molecular weight is 396 g/mol. The van der Waals surface area contributed by atoms with Crippen LogP contribution in [0.1, 0.15) is 43.4 Å². The number of hydrogen-bond donors (Lipinski definition) is 1. The van der Waals surface area contributed by atoms with Crippen molar-refractivity contribution < 1.29 is 4.74 Å². The van der Waals surface area contributed by atoms with Crippen LogP contribution in [0.25, 0.3) is 0 Å². The Morgan fingerprint density at radius 3 is 2.38 bits per heavy atom. The summed E-state index contributed by atoms with van der Waals surface area (Å²) in [4.78, 5) is 4.76. The van der Waals surface area contributed by atoms with Crippen molar-refractivity contribution in [2.24, 2.45) is 0 Å². The van der Waals surface area contributed by atoms with Crippen molar-refractivity contribution in [3.05, 3.63) is 65.7 Å². The third kappa shape index (κ3) is 7.46. The van der Waals surface area contributed by atoms with Crippen molar-refractivity contribution in [3.8, 4) is 5.75 Å². The predicted octanol–water partition coefficient (Wildman–Crippen LogP) is 4.33. The van der Waals surface area contributed by atoms with E-state index in [2.05, 4.69) is 90.7 Å². The van der Waals surface area contributed by atoms with Gasteiger partial charge in [0.2, 0.25) is 0 Å². The van der Waals surface area contributed by atoms with Crippen LogP contribution in [-0.2, 0) is 6.54 Å². The second kappa shape index (κ2) is 11.3. The van der Waals surface area contributed by atoms with E-state index in [9.17, 15) is 0 Å². The maximum Gasteiger partial charge on any atom is 0.119 e. The Morgan fingerprint density at radius 1 is 1.03 bits per heavy atom. The summed E-state index contributed by atoms with van der Waals surface area (Å²) in [6.45, 7) is 7.50. The summed E-state index contributed by atoms with van der Waals surface area (Å²) >= 11 is 0. The number of nitrogens with zero attached hydrogens (tertiary/aromatic N) is 2. The summed E-state index contributed by atoms with van der Waals surface area (Å²) in [5, 5.41) is 3.83. The maximum absolute atomic E-state index is 5.85. The zero-order valence-electron chi connectivity index (χ0n) is 18.3. The van der Waals surface area contributed by atoms with Gasteiger partial charge in [-0.05, 0) is 76.6 Å². The SMILES string of the molecule is CC(NC1CCN(Cc2ccccc2)CC1)c1ccc(OCCCN(C)C)cc1. The highest BCUT2D eigenvalue weighted by atomic mass is 16.5. The molecule has 0 aliphatic carbocycles. The van der Waals surface area contributed by atoms with Crippen molar-refractivity contribution in [3.63, 3.8) is 0 Å². The molecular formula is C25H37N3O. The van der Waals surface area contributed by atoms with Crippen LogP contribution in [0.2, 0.25) is 0 Å². The molecule has 2 aromatic rings. The molecule has 1 N–H and O–H groups in total. The zero-order valence-corrected chi connectivity index (χ0v) is 18.3. The zero-order chi connectivity index (χ0) is 20.5. The lowest BCUT2D eigenvalue weighted by atomic mass is 10.0. The van der Waals surface area contributed by atoms with Crippen molar-refractivity contribution >= 4 is 0 Å². The van der Waals surface area contributed by atoms with E-state index in [0.29, 0.717) is 12.1 Å². The Morgan fingerprint density at radius 2 is 1.72 bits per heavy atom. The van der Waals surface area contributed by atoms with Crippen LogP contribution in [0.15, 0.2) is 54.6 Å². The quantitative estimate of drug-likeness (QED) is 0.606. The Kier molecular flexibility index (Phi) is 8.53. The molecule has 1 fully saturated rings. The van der Waals surface area contributed by atoms with E-state index in [0.717, 1.165) is 31.9 Å². The van der Waals surface area contributed by atoms with E-state index in [1.165, 1.54) is 37.1 Å². The van der Waals surface area contributed by atoms with E-state index in [1.54, 1.807) is 0 Å². The molecule has 0 bridgehead atoms.